The van der Waals surface area contributed by atoms with Gasteiger partial charge in [0.1, 0.15) is 0 Å². The number of carbonyl (C=O) groups excluding carboxylic acids is 2. The highest BCUT2D eigenvalue weighted by molar-refractivity contribution is 8.03. The second-order valence-electron chi connectivity index (χ2n) is 8.61. The molecule has 0 aliphatic carbocycles. The van der Waals surface area contributed by atoms with Crippen LogP contribution in [0.2, 0.25) is 10.0 Å². The molecule has 1 heterocycles. The van der Waals surface area contributed by atoms with Gasteiger partial charge in [-0.3, -0.25) is 4.79 Å². The Morgan fingerprint density at radius 1 is 1.05 bits per heavy atom. The Balaban J connectivity index is 1.76. The van der Waals surface area contributed by atoms with Gasteiger partial charge in [-0.1, -0.05) is 89.6 Å². The number of esters is 1. The number of hydrogen-bond acceptors (Lipinski definition) is 6. The molecule has 1 aliphatic rings. The van der Waals surface area contributed by atoms with E-state index in [0.29, 0.717) is 32.0 Å². The van der Waals surface area contributed by atoms with Gasteiger partial charge >= 0.3 is 5.97 Å². The second kappa shape index (κ2) is 12.9. The number of hydrogen-bond donors (Lipinski definition) is 2. The van der Waals surface area contributed by atoms with Crippen LogP contribution in [0.4, 0.5) is 5.69 Å². The van der Waals surface area contributed by atoms with Crippen molar-refractivity contribution in [3.8, 4) is 6.07 Å². The number of benzene rings is 3. The van der Waals surface area contributed by atoms with Crippen LogP contribution in [0.1, 0.15) is 29.5 Å². The number of anilines is 1. The molecule has 39 heavy (non-hydrogen) atoms. The Labute approximate surface area is 241 Å². The fourth-order valence-electron chi connectivity index (χ4n) is 4.18. The fourth-order valence-corrected chi connectivity index (χ4v) is 5.45. The Kier molecular flexibility index (Phi) is 9.36. The molecule has 0 spiro atoms. The van der Waals surface area contributed by atoms with E-state index in [0.717, 1.165) is 11.1 Å². The Bertz CT molecular complexity index is 1510. The number of thioether (sulfide) groups is 1. The highest BCUT2D eigenvalue weighted by Crippen LogP contribution is 2.45. The lowest BCUT2D eigenvalue weighted by Gasteiger charge is -2.31. The van der Waals surface area contributed by atoms with E-state index in [1.54, 1.807) is 43.3 Å². The van der Waals surface area contributed by atoms with E-state index < -0.39 is 11.9 Å². The average molecular weight is 579 g/mol. The molecule has 198 valence electrons. The zero-order chi connectivity index (χ0) is 27.9. The van der Waals surface area contributed by atoms with E-state index in [1.807, 2.05) is 43.3 Å². The monoisotopic (exact) mass is 577 g/mol. The topological polar surface area (TPSA) is 91.2 Å². The van der Waals surface area contributed by atoms with Crippen LogP contribution in [0, 0.1) is 18.3 Å². The largest absolute Gasteiger partial charge is 0.463 e. The van der Waals surface area contributed by atoms with Crippen molar-refractivity contribution >= 4 is 58.2 Å². The van der Waals surface area contributed by atoms with Crippen LogP contribution < -0.4 is 10.6 Å². The van der Waals surface area contributed by atoms with Gasteiger partial charge in [-0.15, -0.1) is 0 Å². The van der Waals surface area contributed by atoms with Crippen molar-refractivity contribution in [2.75, 3.05) is 17.7 Å². The summed E-state index contributed by atoms with van der Waals surface area (Å²) >= 11 is 14.0. The highest BCUT2D eigenvalue weighted by Gasteiger charge is 2.38. The van der Waals surface area contributed by atoms with Gasteiger partial charge in [-0.05, 0) is 48.7 Å². The summed E-state index contributed by atoms with van der Waals surface area (Å²) in [5.74, 6) is -1.63. The highest BCUT2D eigenvalue weighted by atomic mass is 35.5. The molecule has 0 radical (unpaired) electrons. The van der Waals surface area contributed by atoms with Crippen molar-refractivity contribution in [2.45, 2.75) is 19.8 Å². The molecule has 1 atom stereocenters. The van der Waals surface area contributed by atoms with Gasteiger partial charge in [0.05, 0.1) is 46.2 Å². The van der Waals surface area contributed by atoms with Crippen molar-refractivity contribution in [3.05, 3.63) is 116 Å². The molecule has 3 aromatic rings. The number of carbonyl (C=O) groups is 2. The molecule has 0 bridgehead atoms. The number of nitriles is 1. The van der Waals surface area contributed by atoms with Crippen molar-refractivity contribution in [2.24, 2.45) is 0 Å². The molecule has 9 heteroatoms. The summed E-state index contributed by atoms with van der Waals surface area (Å²) in [6.45, 7) is 3.77. The quantitative estimate of drug-likeness (QED) is 0.278. The first-order chi connectivity index (χ1) is 18.8. The summed E-state index contributed by atoms with van der Waals surface area (Å²) < 4.78 is 5.44. The summed E-state index contributed by atoms with van der Waals surface area (Å²) in [7, 11) is 0. The van der Waals surface area contributed by atoms with Crippen LogP contribution in [0.25, 0.3) is 5.70 Å². The van der Waals surface area contributed by atoms with Crippen molar-refractivity contribution < 1.29 is 14.3 Å². The van der Waals surface area contributed by atoms with E-state index in [9.17, 15) is 14.9 Å². The van der Waals surface area contributed by atoms with E-state index in [1.165, 1.54) is 11.8 Å². The van der Waals surface area contributed by atoms with Crippen molar-refractivity contribution in [1.29, 1.82) is 5.26 Å². The Morgan fingerprint density at radius 3 is 2.44 bits per heavy atom. The van der Waals surface area contributed by atoms with Crippen LogP contribution in [-0.2, 0) is 14.3 Å². The summed E-state index contributed by atoms with van der Waals surface area (Å²) in [5.41, 5.74) is 3.83. The van der Waals surface area contributed by atoms with Crippen LogP contribution >= 0.6 is 35.0 Å². The van der Waals surface area contributed by atoms with Gasteiger partial charge in [-0.25, -0.2) is 4.79 Å². The van der Waals surface area contributed by atoms with Gasteiger partial charge in [0, 0.05) is 15.7 Å². The van der Waals surface area contributed by atoms with Gasteiger partial charge < -0.3 is 15.4 Å². The summed E-state index contributed by atoms with van der Waals surface area (Å²) in [6.07, 6.45) is 0. The number of nitrogens with one attached hydrogen (secondary N) is 2. The minimum Gasteiger partial charge on any atom is -0.463 e. The lowest BCUT2D eigenvalue weighted by molar-refractivity contribution is -0.138. The molecule has 0 saturated heterocycles. The summed E-state index contributed by atoms with van der Waals surface area (Å²) in [4.78, 5) is 26.2. The maximum Gasteiger partial charge on any atom is 0.337 e. The number of aryl methyl sites for hydroxylation is 1. The number of amides is 1. The predicted molar refractivity (Wildman–Crippen MR) is 157 cm³/mol. The van der Waals surface area contributed by atoms with Gasteiger partial charge in [0.25, 0.3) is 0 Å². The van der Waals surface area contributed by atoms with Gasteiger partial charge in [0.2, 0.25) is 5.91 Å². The molecule has 1 amide bonds. The minimum atomic E-state index is -0.805. The first-order valence-corrected chi connectivity index (χ1v) is 13.9. The zero-order valence-corrected chi connectivity index (χ0v) is 23.6. The lowest BCUT2D eigenvalue weighted by atomic mass is 9.81. The second-order valence-corrected chi connectivity index (χ2v) is 10.4. The zero-order valence-electron chi connectivity index (χ0n) is 21.3. The molecule has 1 aliphatic heterocycles. The first kappa shape index (κ1) is 28.3. The molecule has 4 rings (SSSR count). The van der Waals surface area contributed by atoms with E-state index in [4.69, 9.17) is 27.9 Å². The fraction of sp³-hybridized carbons (Fsp3) is 0.167. The normalized spacial score (nSPS) is 14.9. The SMILES string of the molecule is CCOC(=O)C1=C(c2ccccc2)NC(SCC(=O)Nc2ccc(C)c(Cl)c2)=C(C#N)C1c1ccccc1Cl. The molecule has 3 aromatic carbocycles. The van der Waals surface area contributed by atoms with Crippen molar-refractivity contribution in [1.82, 2.24) is 5.32 Å². The number of nitrogens with zero attached hydrogens (tertiary/aromatic N) is 1. The standard InChI is InChI=1S/C30H25Cl2N3O3S/c1-3-38-30(37)27-26(21-11-7-8-12-23(21)31)22(16-33)29(35-28(27)19-9-5-4-6-10-19)39-17-25(36)34-20-14-13-18(2)24(32)15-20/h4-15,26,35H,3,17H2,1-2H3,(H,34,36). The molecule has 0 saturated carbocycles. The molecule has 0 fully saturated rings. The minimum absolute atomic E-state index is 0.00502. The van der Waals surface area contributed by atoms with Crippen LogP contribution in [-0.4, -0.2) is 24.2 Å². The summed E-state index contributed by atoms with van der Waals surface area (Å²) in [6, 6.07) is 23.9. The van der Waals surface area contributed by atoms with E-state index in [2.05, 4.69) is 16.7 Å². The first-order valence-electron chi connectivity index (χ1n) is 12.1. The predicted octanol–water partition coefficient (Wildman–Crippen LogP) is 7.07. The Hall–Kier alpha value is -3.70. The molecular formula is C30H25Cl2N3O3S. The van der Waals surface area contributed by atoms with Crippen LogP contribution in [0.15, 0.2) is 89.0 Å². The number of dihydropyridines is 1. The lowest BCUT2D eigenvalue weighted by Crippen LogP contribution is -2.30. The van der Waals surface area contributed by atoms with Gasteiger partial charge in [0.15, 0.2) is 0 Å². The molecule has 0 aromatic heterocycles. The number of ether oxygens (including phenoxy) is 1. The third kappa shape index (κ3) is 6.48. The smallest absolute Gasteiger partial charge is 0.337 e. The number of halogens is 2. The molecule has 2 N–H and O–H groups in total. The molecule has 6 nitrogen and oxygen atoms in total. The number of allylic oxidation sites excluding steroid dienone is 1. The van der Waals surface area contributed by atoms with Crippen LogP contribution in [0.5, 0.6) is 0 Å². The molecule has 1 unspecified atom stereocenters. The third-order valence-corrected chi connectivity index (χ3v) is 7.80. The maximum absolute atomic E-state index is 13.4. The maximum atomic E-state index is 13.4. The van der Waals surface area contributed by atoms with Gasteiger partial charge in [-0.2, -0.15) is 5.26 Å². The third-order valence-electron chi connectivity index (χ3n) is 6.03. The molecular weight excluding hydrogens is 553 g/mol. The van der Waals surface area contributed by atoms with Crippen LogP contribution in [0.3, 0.4) is 0 Å². The van der Waals surface area contributed by atoms with E-state index >= 15 is 0 Å². The summed E-state index contributed by atoms with van der Waals surface area (Å²) in [5, 5.41) is 17.8. The average Bonchev–Trinajstić information content (AvgIpc) is 2.94. The number of rotatable bonds is 8. The van der Waals surface area contributed by atoms with E-state index in [-0.39, 0.29) is 29.4 Å². The van der Waals surface area contributed by atoms with Crippen molar-refractivity contribution in [3.63, 3.8) is 0 Å². The Morgan fingerprint density at radius 2 is 1.77 bits per heavy atom.